The van der Waals surface area contributed by atoms with Gasteiger partial charge in [0.1, 0.15) is 0 Å². The van der Waals surface area contributed by atoms with Gasteiger partial charge >= 0.3 is 0 Å². The molecule has 0 saturated heterocycles. The van der Waals surface area contributed by atoms with Crippen LogP contribution in [0.15, 0.2) is 35.3 Å². The van der Waals surface area contributed by atoms with Crippen LogP contribution in [0.3, 0.4) is 0 Å². The molecule has 0 aromatic heterocycles. The highest BCUT2D eigenvalue weighted by atomic mass is 15.1. The molecule has 1 aliphatic rings. The van der Waals surface area contributed by atoms with Crippen molar-refractivity contribution in [3.63, 3.8) is 0 Å². The van der Waals surface area contributed by atoms with E-state index in [0.29, 0.717) is 12.0 Å². The average Bonchev–Trinajstić information content (AvgIpc) is 3.01. The summed E-state index contributed by atoms with van der Waals surface area (Å²) in [7, 11) is 0. The van der Waals surface area contributed by atoms with Crippen molar-refractivity contribution in [2.75, 3.05) is 5.32 Å². The van der Waals surface area contributed by atoms with Crippen molar-refractivity contribution >= 4 is 11.6 Å². The molecule has 1 aromatic rings. The summed E-state index contributed by atoms with van der Waals surface area (Å²) in [6.07, 6.45) is 2.59. The molecule has 1 aliphatic carbocycles. The third kappa shape index (κ3) is 2.98. The zero-order valence-corrected chi connectivity index (χ0v) is 8.98. The minimum Gasteiger partial charge on any atom is -0.370 e. The van der Waals surface area contributed by atoms with Gasteiger partial charge in [0, 0.05) is 5.69 Å². The van der Waals surface area contributed by atoms with Crippen LogP contribution in [0.4, 0.5) is 5.69 Å². The average molecular weight is 203 g/mol. The van der Waals surface area contributed by atoms with E-state index in [1.54, 1.807) is 0 Å². The Balaban J connectivity index is 1.93. The van der Waals surface area contributed by atoms with E-state index in [9.17, 15) is 0 Å². The second-order valence-corrected chi connectivity index (χ2v) is 4.08. The molecular weight excluding hydrogens is 186 g/mol. The van der Waals surface area contributed by atoms with Crippen molar-refractivity contribution in [3.8, 4) is 0 Å². The van der Waals surface area contributed by atoms with E-state index in [4.69, 9.17) is 5.73 Å². The lowest BCUT2D eigenvalue weighted by Crippen LogP contribution is -2.24. The number of guanidine groups is 1. The first-order valence-electron chi connectivity index (χ1n) is 5.41. The molecule has 0 amide bonds. The van der Waals surface area contributed by atoms with E-state index in [0.717, 1.165) is 11.6 Å². The van der Waals surface area contributed by atoms with Crippen LogP contribution < -0.4 is 11.1 Å². The number of anilines is 1. The maximum absolute atomic E-state index is 5.81. The lowest BCUT2D eigenvalue weighted by atomic mass is 10.2. The van der Waals surface area contributed by atoms with Crippen LogP contribution in [-0.4, -0.2) is 12.0 Å². The number of aliphatic imine (C=N–C) groups is 1. The molecule has 2 rings (SSSR count). The monoisotopic (exact) mass is 203 g/mol. The molecule has 15 heavy (non-hydrogen) atoms. The summed E-state index contributed by atoms with van der Waals surface area (Å²) in [5.74, 6) is 1.27. The topological polar surface area (TPSA) is 50.4 Å². The minimum absolute atomic E-state index is 0.348. The molecule has 0 bridgehead atoms. The number of hydrogen-bond donors (Lipinski definition) is 2. The highest BCUT2D eigenvalue weighted by Crippen LogP contribution is 2.33. The van der Waals surface area contributed by atoms with Gasteiger partial charge in [-0.25, -0.2) is 4.99 Å². The number of nitrogens with two attached hydrogens (primary N) is 1. The van der Waals surface area contributed by atoms with Gasteiger partial charge in [-0.3, -0.25) is 0 Å². The number of benzene rings is 1. The quantitative estimate of drug-likeness (QED) is 0.584. The van der Waals surface area contributed by atoms with Crippen molar-refractivity contribution in [1.29, 1.82) is 0 Å². The minimum atomic E-state index is 0.348. The summed E-state index contributed by atoms with van der Waals surface area (Å²) < 4.78 is 0. The van der Waals surface area contributed by atoms with Crippen molar-refractivity contribution < 1.29 is 0 Å². The van der Waals surface area contributed by atoms with Crippen LogP contribution in [0.5, 0.6) is 0 Å². The first-order chi connectivity index (χ1) is 7.25. The summed E-state index contributed by atoms with van der Waals surface area (Å²) in [6.45, 7) is 2.12. The van der Waals surface area contributed by atoms with Crippen molar-refractivity contribution in [2.24, 2.45) is 16.6 Å². The number of rotatable bonds is 3. The Morgan fingerprint density at radius 3 is 2.67 bits per heavy atom. The highest BCUT2D eigenvalue weighted by molar-refractivity contribution is 5.92. The van der Waals surface area contributed by atoms with Crippen LogP contribution in [0.1, 0.15) is 19.8 Å². The molecule has 3 nitrogen and oxygen atoms in total. The Hall–Kier alpha value is -1.51. The lowest BCUT2D eigenvalue weighted by molar-refractivity contribution is 0.651. The summed E-state index contributed by atoms with van der Waals surface area (Å²) in [6, 6.07) is 10.2. The first-order valence-corrected chi connectivity index (χ1v) is 5.41. The molecule has 0 heterocycles. The Labute approximate surface area is 90.4 Å². The summed E-state index contributed by atoms with van der Waals surface area (Å²) in [5, 5.41) is 3.08. The van der Waals surface area contributed by atoms with Gasteiger partial charge in [0.05, 0.1) is 6.04 Å². The number of para-hydroxylation sites is 1. The third-order valence-electron chi connectivity index (χ3n) is 2.69. The zero-order valence-electron chi connectivity index (χ0n) is 8.98. The molecule has 0 aliphatic heterocycles. The Morgan fingerprint density at radius 1 is 1.40 bits per heavy atom. The molecule has 0 radical (unpaired) electrons. The molecule has 1 aromatic carbocycles. The van der Waals surface area contributed by atoms with Gasteiger partial charge in [0.15, 0.2) is 5.96 Å². The van der Waals surface area contributed by atoms with E-state index in [-0.39, 0.29) is 0 Å². The fourth-order valence-corrected chi connectivity index (χ4v) is 1.61. The Morgan fingerprint density at radius 2 is 2.07 bits per heavy atom. The summed E-state index contributed by atoms with van der Waals surface area (Å²) in [5.41, 5.74) is 6.80. The second kappa shape index (κ2) is 4.34. The molecular formula is C12H17N3. The van der Waals surface area contributed by atoms with Crippen LogP contribution in [-0.2, 0) is 0 Å². The Bertz CT molecular complexity index is 341. The lowest BCUT2D eigenvalue weighted by Gasteiger charge is -2.08. The summed E-state index contributed by atoms with van der Waals surface area (Å²) >= 11 is 0. The van der Waals surface area contributed by atoms with Gasteiger partial charge in [-0.2, -0.15) is 0 Å². The molecule has 80 valence electrons. The SMILES string of the molecule is CC(N=C(N)Nc1ccccc1)C1CC1. The van der Waals surface area contributed by atoms with Crippen LogP contribution in [0.25, 0.3) is 0 Å². The maximum atomic E-state index is 5.81. The largest absolute Gasteiger partial charge is 0.370 e. The van der Waals surface area contributed by atoms with Gasteiger partial charge in [0.2, 0.25) is 0 Å². The van der Waals surface area contributed by atoms with E-state index < -0.39 is 0 Å². The van der Waals surface area contributed by atoms with Crippen molar-refractivity contribution in [1.82, 2.24) is 0 Å². The van der Waals surface area contributed by atoms with Crippen LogP contribution >= 0.6 is 0 Å². The van der Waals surface area contributed by atoms with Gasteiger partial charge in [-0.15, -0.1) is 0 Å². The van der Waals surface area contributed by atoms with E-state index in [1.807, 2.05) is 30.3 Å². The number of hydrogen-bond acceptors (Lipinski definition) is 1. The van der Waals surface area contributed by atoms with Crippen LogP contribution in [0, 0.1) is 5.92 Å². The molecule has 1 saturated carbocycles. The Kier molecular flexibility index (Phi) is 2.90. The molecule has 1 unspecified atom stereocenters. The first kappa shape index (κ1) is 10.0. The van der Waals surface area contributed by atoms with Crippen molar-refractivity contribution in [2.45, 2.75) is 25.8 Å². The van der Waals surface area contributed by atoms with E-state index in [1.165, 1.54) is 12.8 Å². The van der Waals surface area contributed by atoms with Crippen molar-refractivity contribution in [3.05, 3.63) is 30.3 Å². The number of nitrogens with one attached hydrogen (secondary N) is 1. The summed E-state index contributed by atoms with van der Waals surface area (Å²) in [4.78, 5) is 4.42. The zero-order chi connectivity index (χ0) is 10.7. The van der Waals surface area contributed by atoms with Gasteiger partial charge in [-0.05, 0) is 37.8 Å². The molecule has 3 heteroatoms. The normalized spacial score (nSPS) is 18.6. The molecule has 3 N–H and O–H groups in total. The molecule has 0 spiro atoms. The number of nitrogens with zero attached hydrogens (tertiary/aromatic N) is 1. The fraction of sp³-hybridized carbons (Fsp3) is 0.417. The third-order valence-corrected chi connectivity index (χ3v) is 2.69. The fourth-order valence-electron chi connectivity index (χ4n) is 1.61. The predicted molar refractivity (Wildman–Crippen MR) is 63.9 cm³/mol. The standard InChI is InChI=1S/C12H17N3/c1-9(10-7-8-10)14-12(13)15-11-5-3-2-4-6-11/h2-6,9-10H,7-8H2,1H3,(H3,13,14,15). The smallest absolute Gasteiger partial charge is 0.193 e. The van der Waals surface area contributed by atoms with Gasteiger partial charge < -0.3 is 11.1 Å². The van der Waals surface area contributed by atoms with Crippen LogP contribution in [0.2, 0.25) is 0 Å². The van der Waals surface area contributed by atoms with E-state index >= 15 is 0 Å². The van der Waals surface area contributed by atoms with E-state index in [2.05, 4.69) is 17.2 Å². The predicted octanol–water partition coefficient (Wildman–Crippen LogP) is 2.21. The second-order valence-electron chi connectivity index (χ2n) is 4.08. The van der Waals surface area contributed by atoms with Gasteiger partial charge in [-0.1, -0.05) is 18.2 Å². The molecule has 1 atom stereocenters. The highest BCUT2D eigenvalue weighted by Gasteiger charge is 2.27. The molecule has 1 fully saturated rings. The maximum Gasteiger partial charge on any atom is 0.193 e. The van der Waals surface area contributed by atoms with Gasteiger partial charge in [0.25, 0.3) is 0 Å².